The van der Waals surface area contributed by atoms with E-state index < -0.39 is 0 Å². The number of para-hydroxylation sites is 3. The summed E-state index contributed by atoms with van der Waals surface area (Å²) in [4.78, 5) is 13.0. The van der Waals surface area contributed by atoms with E-state index in [2.05, 4.69) is 5.32 Å². The number of anilines is 2. The first-order valence-corrected chi connectivity index (χ1v) is 8.80. The van der Waals surface area contributed by atoms with E-state index in [0.29, 0.717) is 27.8 Å². The second-order valence-electron chi connectivity index (χ2n) is 6.22. The molecule has 0 amide bonds. The van der Waals surface area contributed by atoms with Crippen LogP contribution in [0, 0.1) is 0 Å². The topological polar surface area (TPSA) is 60.7 Å². The van der Waals surface area contributed by atoms with Gasteiger partial charge in [-0.1, -0.05) is 30.3 Å². The minimum absolute atomic E-state index is 0.102. The number of nitrogens with one attached hydrogen (secondary N) is 1. The Bertz CT molecular complexity index is 1200. The van der Waals surface area contributed by atoms with Gasteiger partial charge in [-0.3, -0.25) is 4.79 Å². The minimum Gasteiger partial charge on any atom is -0.496 e. The largest absolute Gasteiger partial charge is 0.496 e. The molecule has 0 spiro atoms. The molecule has 1 heterocycles. The molecule has 28 heavy (non-hydrogen) atoms. The summed E-state index contributed by atoms with van der Waals surface area (Å²) in [5, 5.41) is 3.80. The van der Waals surface area contributed by atoms with Crippen LogP contribution in [0.15, 0.2) is 82.2 Å². The van der Waals surface area contributed by atoms with Gasteiger partial charge in [-0.05, 0) is 30.3 Å². The lowest BCUT2D eigenvalue weighted by molar-refractivity contribution is 0.416. The Labute approximate surface area is 162 Å². The fourth-order valence-electron chi connectivity index (χ4n) is 3.16. The van der Waals surface area contributed by atoms with Crippen molar-refractivity contribution in [2.75, 3.05) is 19.5 Å². The van der Waals surface area contributed by atoms with Crippen LogP contribution in [0.4, 0.5) is 11.4 Å². The van der Waals surface area contributed by atoms with Gasteiger partial charge in [-0.2, -0.15) is 0 Å². The highest BCUT2D eigenvalue weighted by Crippen LogP contribution is 2.31. The summed E-state index contributed by atoms with van der Waals surface area (Å²) in [5.41, 5.74) is 3.20. The first-order valence-electron chi connectivity index (χ1n) is 8.80. The monoisotopic (exact) mass is 373 g/mol. The third-order valence-electron chi connectivity index (χ3n) is 4.56. The highest BCUT2D eigenvalue weighted by Gasteiger charge is 2.13. The predicted octanol–water partition coefficient (Wildman–Crippen LogP) is 5.22. The van der Waals surface area contributed by atoms with Crippen LogP contribution in [-0.2, 0) is 0 Å². The molecule has 0 radical (unpaired) electrons. The molecule has 4 rings (SSSR count). The molecule has 140 valence electrons. The van der Waals surface area contributed by atoms with E-state index >= 15 is 0 Å². The van der Waals surface area contributed by atoms with Gasteiger partial charge in [-0.15, -0.1) is 0 Å². The standard InChI is InChI=1S/C23H19NO4/c1-26-20-9-5-3-7-16(20)18-14-28-22-13-15(11-12-17(22)23(18)25)24-19-8-4-6-10-21(19)27-2/h3-14,24H,1-2H3. The fraction of sp³-hybridized carbons (Fsp3) is 0.0870. The molecule has 1 N–H and O–H groups in total. The SMILES string of the molecule is COc1ccccc1Nc1ccc2c(=O)c(-c3ccccc3OC)coc2c1. The zero-order valence-electron chi connectivity index (χ0n) is 15.6. The zero-order chi connectivity index (χ0) is 19.5. The second-order valence-corrected chi connectivity index (χ2v) is 6.22. The van der Waals surface area contributed by atoms with E-state index in [1.165, 1.54) is 6.26 Å². The van der Waals surface area contributed by atoms with E-state index in [4.69, 9.17) is 13.9 Å². The maximum Gasteiger partial charge on any atom is 0.200 e. The van der Waals surface area contributed by atoms with Crippen LogP contribution in [0.3, 0.4) is 0 Å². The molecule has 0 unspecified atom stereocenters. The molecule has 4 aromatic rings. The summed E-state index contributed by atoms with van der Waals surface area (Å²) in [7, 11) is 3.20. The van der Waals surface area contributed by atoms with Crippen molar-refractivity contribution in [1.29, 1.82) is 0 Å². The lowest BCUT2D eigenvalue weighted by Crippen LogP contribution is -2.06. The maximum absolute atomic E-state index is 13.0. The molecule has 0 aliphatic heterocycles. The van der Waals surface area contributed by atoms with Gasteiger partial charge in [0.1, 0.15) is 23.3 Å². The van der Waals surface area contributed by atoms with Crippen molar-refractivity contribution in [3.05, 3.63) is 83.2 Å². The fourth-order valence-corrected chi connectivity index (χ4v) is 3.16. The van der Waals surface area contributed by atoms with Crippen molar-refractivity contribution in [3.8, 4) is 22.6 Å². The normalized spacial score (nSPS) is 10.6. The van der Waals surface area contributed by atoms with Gasteiger partial charge in [0.05, 0.1) is 30.9 Å². The average molecular weight is 373 g/mol. The number of hydrogen-bond acceptors (Lipinski definition) is 5. The van der Waals surface area contributed by atoms with Crippen LogP contribution < -0.4 is 20.2 Å². The molecule has 3 aromatic carbocycles. The van der Waals surface area contributed by atoms with Crippen LogP contribution in [0.2, 0.25) is 0 Å². The highest BCUT2D eigenvalue weighted by molar-refractivity contribution is 5.86. The van der Waals surface area contributed by atoms with E-state index in [-0.39, 0.29) is 5.43 Å². The van der Waals surface area contributed by atoms with E-state index in [1.54, 1.807) is 26.4 Å². The molecular formula is C23H19NO4. The van der Waals surface area contributed by atoms with Crippen molar-refractivity contribution >= 4 is 22.3 Å². The molecule has 0 fully saturated rings. The molecule has 0 aliphatic rings. The molecule has 0 bridgehead atoms. The summed E-state index contributed by atoms with van der Waals surface area (Å²) in [6.07, 6.45) is 1.48. The first kappa shape index (κ1) is 17.7. The van der Waals surface area contributed by atoms with Crippen LogP contribution in [0.25, 0.3) is 22.1 Å². The Kier molecular flexibility index (Phi) is 4.72. The van der Waals surface area contributed by atoms with Crippen LogP contribution in [-0.4, -0.2) is 14.2 Å². The zero-order valence-corrected chi connectivity index (χ0v) is 15.6. The van der Waals surface area contributed by atoms with Crippen molar-refractivity contribution in [3.63, 3.8) is 0 Å². The number of hydrogen-bond donors (Lipinski definition) is 1. The molecule has 0 aliphatic carbocycles. The van der Waals surface area contributed by atoms with Gasteiger partial charge in [0.2, 0.25) is 5.43 Å². The maximum atomic E-state index is 13.0. The number of methoxy groups -OCH3 is 2. The van der Waals surface area contributed by atoms with Gasteiger partial charge in [-0.25, -0.2) is 0 Å². The number of rotatable bonds is 5. The summed E-state index contributed by atoms with van der Waals surface area (Å²) in [6, 6.07) is 20.4. The number of benzene rings is 3. The third kappa shape index (κ3) is 3.18. The van der Waals surface area contributed by atoms with Crippen LogP contribution >= 0.6 is 0 Å². The smallest absolute Gasteiger partial charge is 0.200 e. The van der Waals surface area contributed by atoms with Crippen LogP contribution in [0.5, 0.6) is 11.5 Å². The van der Waals surface area contributed by atoms with E-state index in [1.807, 2.05) is 54.6 Å². The quantitative estimate of drug-likeness (QED) is 0.520. The highest BCUT2D eigenvalue weighted by atomic mass is 16.5. The molecular weight excluding hydrogens is 354 g/mol. The Hall–Kier alpha value is -3.73. The summed E-state index contributed by atoms with van der Waals surface area (Å²) in [5.74, 6) is 1.36. The van der Waals surface area contributed by atoms with Gasteiger partial charge in [0, 0.05) is 17.3 Å². The first-order chi connectivity index (χ1) is 13.7. The average Bonchev–Trinajstić information content (AvgIpc) is 2.74. The Morgan fingerprint density at radius 2 is 1.54 bits per heavy atom. The third-order valence-corrected chi connectivity index (χ3v) is 4.56. The number of ether oxygens (including phenoxy) is 2. The lowest BCUT2D eigenvalue weighted by Gasteiger charge is -2.12. The van der Waals surface area contributed by atoms with Gasteiger partial charge >= 0.3 is 0 Å². The minimum atomic E-state index is -0.102. The molecule has 5 heteroatoms. The summed E-state index contributed by atoms with van der Waals surface area (Å²) < 4.78 is 16.5. The van der Waals surface area contributed by atoms with E-state index in [9.17, 15) is 4.79 Å². The van der Waals surface area contributed by atoms with Crippen molar-refractivity contribution < 1.29 is 13.9 Å². The van der Waals surface area contributed by atoms with Crippen molar-refractivity contribution in [1.82, 2.24) is 0 Å². The van der Waals surface area contributed by atoms with Gasteiger partial charge < -0.3 is 19.2 Å². The van der Waals surface area contributed by atoms with Gasteiger partial charge in [0.25, 0.3) is 0 Å². The molecule has 0 atom stereocenters. The molecule has 1 aromatic heterocycles. The summed E-state index contributed by atoms with van der Waals surface area (Å²) >= 11 is 0. The Balaban J connectivity index is 1.75. The Morgan fingerprint density at radius 3 is 2.32 bits per heavy atom. The van der Waals surface area contributed by atoms with E-state index in [0.717, 1.165) is 17.1 Å². The molecule has 0 saturated heterocycles. The Morgan fingerprint density at radius 1 is 0.821 bits per heavy atom. The lowest BCUT2D eigenvalue weighted by atomic mass is 10.0. The second kappa shape index (κ2) is 7.48. The number of fused-ring (bicyclic) bond motifs is 1. The molecule has 5 nitrogen and oxygen atoms in total. The summed E-state index contributed by atoms with van der Waals surface area (Å²) in [6.45, 7) is 0. The molecule has 0 saturated carbocycles. The van der Waals surface area contributed by atoms with Gasteiger partial charge in [0.15, 0.2) is 0 Å². The van der Waals surface area contributed by atoms with Crippen molar-refractivity contribution in [2.45, 2.75) is 0 Å². The van der Waals surface area contributed by atoms with Crippen molar-refractivity contribution in [2.24, 2.45) is 0 Å². The van der Waals surface area contributed by atoms with Crippen LogP contribution in [0.1, 0.15) is 0 Å². The predicted molar refractivity (Wildman–Crippen MR) is 111 cm³/mol.